The average Bonchev–Trinajstić information content (AvgIpc) is 3.48. The molecule has 0 aromatic carbocycles. The second-order valence-corrected chi connectivity index (χ2v) is 13.3. The van der Waals surface area contributed by atoms with Crippen molar-refractivity contribution in [2.45, 2.75) is 126 Å². The summed E-state index contributed by atoms with van der Waals surface area (Å²) in [6.45, 7) is 6.79. The largest absolute Gasteiger partial charge is 0.449 e. The van der Waals surface area contributed by atoms with Crippen molar-refractivity contribution < 1.29 is 9.53 Å². The maximum atomic E-state index is 12.2. The van der Waals surface area contributed by atoms with E-state index in [1.165, 1.54) is 12.8 Å². The molecule has 5 aliphatic rings. The van der Waals surface area contributed by atoms with Gasteiger partial charge in [-0.3, -0.25) is 0 Å². The number of amides is 1. The monoisotopic (exact) mass is 489 g/mol. The first-order valence-electron chi connectivity index (χ1n) is 14.6. The van der Waals surface area contributed by atoms with Crippen LogP contribution in [0.25, 0.3) is 0 Å². The first-order chi connectivity index (χ1) is 16.6. The molecule has 1 aliphatic heterocycles. The predicted molar refractivity (Wildman–Crippen MR) is 139 cm³/mol. The molecule has 35 heavy (non-hydrogen) atoms. The van der Waals surface area contributed by atoms with E-state index in [1.54, 1.807) is 0 Å². The van der Waals surface area contributed by atoms with Crippen molar-refractivity contribution in [3.05, 3.63) is 0 Å². The molecule has 8 atom stereocenters. The Morgan fingerprint density at radius 3 is 2.34 bits per heavy atom. The Hall–Kier alpha value is -0.890. The summed E-state index contributed by atoms with van der Waals surface area (Å²) in [5, 5.41) is 0. The predicted octanol–water partition coefficient (Wildman–Crippen LogP) is 3.62. The molecule has 7 heteroatoms. The molecule has 0 bridgehead atoms. The second-order valence-electron chi connectivity index (χ2n) is 13.3. The number of hydrogen-bond donors (Lipinski definition) is 4. The van der Waals surface area contributed by atoms with Gasteiger partial charge in [-0.1, -0.05) is 33.1 Å². The van der Waals surface area contributed by atoms with Crippen LogP contribution in [0.5, 0.6) is 0 Å². The van der Waals surface area contributed by atoms with Crippen LogP contribution in [0.2, 0.25) is 0 Å². The Balaban J connectivity index is 1.31. The van der Waals surface area contributed by atoms with Gasteiger partial charge >= 0.3 is 6.09 Å². The maximum Gasteiger partial charge on any atom is 0.409 e. The van der Waals surface area contributed by atoms with Gasteiger partial charge in [-0.2, -0.15) is 0 Å². The van der Waals surface area contributed by atoms with Gasteiger partial charge in [0.1, 0.15) is 0 Å². The topological polar surface area (TPSA) is 134 Å². The molecule has 0 aromatic heterocycles. The van der Waals surface area contributed by atoms with Crippen LogP contribution < -0.4 is 22.9 Å². The maximum absolute atomic E-state index is 12.2. The highest BCUT2D eigenvalue weighted by Gasteiger charge is 2.75. The summed E-state index contributed by atoms with van der Waals surface area (Å²) in [6.07, 6.45) is 14.3. The second kappa shape index (κ2) is 8.85. The normalized spacial score (nSPS) is 49.3. The fraction of sp³-hybridized carbons (Fsp3) is 0.964. The van der Waals surface area contributed by atoms with Crippen LogP contribution in [0.4, 0.5) is 4.79 Å². The van der Waals surface area contributed by atoms with Gasteiger partial charge in [0.25, 0.3) is 0 Å². The van der Waals surface area contributed by atoms with E-state index in [-0.39, 0.29) is 28.5 Å². The molecular weight excluding hydrogens is 438 g/mol. The minimum absolute atomic E-state index is 0.153. The Kier molecular flexibility index (Phi) is 6.51. The van der Waals surface area contributed by atoms with Crippen LogP contribution in [-0.4, -0.2) is 52.8 Å². The summed E-state index contributed by atoms with van der Waals surface area (Å²) in [7, 11) is 0. The average molecular weight is 490 g/mol. The molecule has 1 heterocycles. The number of ether oxygens (including phenoxy) is 1. The van der Waals surface area contributed by atoms with E-state index in [0.29, 0.717) is 18.4 Å². The molecule has 6 unspecified atom stereocenters. The van der Waals surface area contributed by atoms with Crippen molar-refractivity contribution in [1.82, 2.24) is 4.90 Å². The van der Waals surface area contributed by atoms with Gasteiger partial charge in [0, 0.05) is 40.7 Å². The van der Waals surface area contributed by atoms with Crippen LogP contribution >= 0.6 is 0 Å². The van der Waals surface area contributed by atoms with Crippen LogP contribution in [0.1, 0.15) is 104 Å². The first kappa shape index (κ1) is 25.7. The van der Waals surface area contributed by atoms with E-state index in [1.807, 2.05) is 4.90 Å². The molecule has 5 rings (SSSR count). The highest BCUT2D eigenvalue weighted by atomic mass is 16.6. The molecule has 200 valence electrons. The lowest BCUT2D eigenvalue weighted by Crippen LogP contribution is -2.89. The van der Waals surface area contributed by atoms with Gasteiger partial charge in [0.15, 0.2) is 0 Å². The molecule has 0 spiro atoms. The van der Waals surface area contributed by atoms with Gasteiger partial charge in [-0.15, -0.1) is 0 Å². The van der Waals surface area contributed by atoms with Crippen LogP contribution in [0.3, 0.4) is 0 Å². The van der Waals surface area contributed by atoms with E-state index in [9.17, 15) is 4.79 Å². The number of nitrogens with two attached hydrogens (primary N) is 4. The molecule has 5 fully saturated rings. The standard InChI is InChI=1S/C28H51N5O2/c1-3-20-19-27(31)22-11-10-21(9-8-18-35-23(34)33-16-6-7-17-33)25(22,29)14-15-28(27,32)24(2)12-4-5-13-26(20,24)30/h20-22H,3-19,29-32H2,1-2H3/t20-,21?,22?,24?,25?,26?,27?,28-/m0/s1. The van der Waals surface area contributed by atoms with E-state index >= 15 is 0 Å². The van der Waals surface area contributed by atoms with Crippen LogP contribution in [-0.2, 0) is 4.74 Å². The summed E-state index contributed by atoms with van der Waals surface area (Å²) in [5.41, 5.74) is 28.2. The third-order valence-corrected chi connectivity index (χ3v) is 12.2. The van der Waals surface area contributed by atoms with Gasteiger partial charge < -0.3 is 32.6 Å². The zero-order valence-electron chi connectivity index (χ0n) is 22.3. The molecule has 0 radical (unpaired) electrons. The number of hydrogen-bond acceptors (Lipinski definition) is 6. The first-order valence-corrected chi connectivity index (χ1v) is 14.6. The molecule has 1 saturated heterocycles. The lowest BCUT2D eigenvalue weighted by atomic mass is 9.35. The Morgan fingerprint density at radius 2 is 1.63 bits per heavy atom. The number of likely N-dealkylation sites (tertiary alicyclic amines) is 1. The van der Waals surface area contributed by atoms with Crippen molar-refractivity contribution in [2.75, 3.05) is 19.7 Å². The van der Waals surface area contributed by atoms with E-state index < -0.39 is 11.1 Å². The number of carbonyl (C=O) groups is 1. The van der Waals surface area contributed by atoms with Crippen LogP contribution in [0.15, 0.2) is 0 Å². The van der Waals surface area contributed by atoms with Crippen molar-refractivity contribution >= 4 is 6.09 Å². The number of nitrogens with zero attached hydrogens (tertiary/aromatic N) is 1. The van der Waals surface area contributed by atoms with Gasteiger partial charge in [-0.25, -0.2) is 4.79 Å². The van der Waals surface area contributed by atoms with Crippen molar-refractivity contribution in [1.29, 1.82) is 0 Å². The fourth-order valence-electron chi connectivity index (χ4n) is 10.1. The lowest BCUT2D eigenvalue weighted by molar-refractivity contribution is -0.164. The van der Waals surface area contributed by atoms with Gasteiger partial charge in [0.05, 0.1) is 6.61 Å². The third-order valence-electron chi connectivity index (χ3n) is 12.2. The summed E-state index contributed by atoms with van der Waals surface area (Å²) in [4.78, 5) is 14.1. The van der Waals surface area contributed by atoms with Crippen molar-refractivity contribution in [3.8, 4) is 0 Å². The molecule has 0 aromatic rings. The lowest BCUT2D eigenvalue weighted by Gasteiger charge is -2.74. The SMILES string of the molecule is CC[C@H]1CC2(N)C3CCC(CCCOC(=O)N4CCCC4)C3(N)CC[C@]2(N)C2(C)CCCCC12N. The number of fused-ring (bicyclic) bond motifs is 5. The molecular formula is C28H51N5O2. The van der Waals surface area contributed by atoms with E-state index in [4.69, 9.17) is 27.7 Å². The molecule has 4 saturated carbocycles. The minimum atomic E-state index is -0.480. The highest BCUT2D eigenvalue weighted by molar-refractivity contribution is 5.67. The number of rotatable bonds is 5. The Morgan fingerprint density at radius 1 is 0.914 bits per heavy atom. The van der Waals surface area contributed by atoms with E-state index in [2.05, 4.69) is 13.8 Å². The zero-order valence-corrected chi connectivity index (χ0v) is 22.3. The molecule has 8 N–H and O–H groups in total. The summed E-state index contributed by atoms with van der Waals surface area (Å²) < 4.78 is 5.58. The third kappa shape index (κ3) is 3.47. The van der Waals surface area contributed by atoms with Gasteiger partial charge in [-0.05, 0) is 88.4 Å². The highest BCUT2D eigenvalue weighted by Crippen LogP contribution is 2.68. The smallest absolute Gasteiger partial charge is 0.409 e. The fourth-order valence-corrected chi connectivity index (χ4v) is 10.1. The summed E-state index contributed by atoms with van der Waals surface area (Å²) >= 11 is 0. The van der Waals surface area contributed by atoms with Gasteiger partial charge in [0.2, 0.25) is 0 Å². The quantitative estimate of drug-likeness (QED) is 0.436. The Bertz CT molecular complexity index is 819. The molecule has 7 nitrogen and oxygen atoms in total. The van der Waals surface area contributed by atoms with Crippen molar-refractivity contribution in [2.24, 2.45) is 46.1 Å². The summed E-state index contributed by atoms with van der Waals surface area (Å²) in [6, 6.07) is 0. The number of carbonyl (C=O) groups excluding carboxylic acids is 1. The zero-order chi connectivity index (χ0) is 25.1. The summed E-state index contributed by atoms with van der Waals surface area (Å²) in [5.74, 6) is 1.02. The Labute approximate surface area is 212 Å². The molecule has 4 aliphatic carbocycles. The van der Waals surface area contributed by atoms with Crippen LogP contribution in [0, 0.1) is 23.2 Å². The minimum Gasteiger partial charge on any atom is -0.449 e. The van der Waals surface area contributed by atoms with E-state index in [0.717, 1.165) is 90.1 Å². The van der Waals surface area contributed by atoms with Crippen molar-refractivity contribution in [3.63, 3.8) is 0 Å². The molecule has 1 amide bonds.